The van der Waals surface area contributed by atoms with Gasteiger partial charge in [0, 0.05) is 15.7 Å². The van der Waals surface area contributed by atoms with Crippen molar-refractivity contribution in [1.82, 2.24) is 0 Å². The fraction of sp³-hybridized carbons (Fsp3) is 0.0714. The van der Waals surface area contributed by atoms with Crippen LogP contribution >= 0.6 is 23.2 Å². The first-order valence-electron chi connectivity index (χ1n) is 5.90. The molecular formula is C14H11Cl2NO3S. The van der Waals surface area contributed by atoms with Crippen LogP contribution in [0.5, 0.6) is 0 Å². The van der Waals surface area contributed by atoms with E-state index in [1.807, 2.05) is 0 Å². The molecule has 21 heavy (non-hydrogen) atoms. The van der Waals surface area contributed by atoms with Gasteiger partial charge in [0.05, 0.1) is 4.90 Å². The number of carbonyl (C=O) groups is 1. The molecule has 0 spiro atoms. The monoisotopic (exact) mass is 343 g/mol. The molecule has 0 saturated carbocycles. The Kier molecular flexibility index (Phi) is 4.88. The Labute approximate surface area is 132 Å². The van der Waals surface area contributed by atoms with Crippen molar-refractivity contribution in [3.05, 3.63) is 58.6 Å². The Hall–Kier alpha value is -1.56. The first-order valence-corrected chi connectivity index (χ1v) is 8.31. The zero-order valence-corrected chi connectivity index (χ0v) is 13.0. The van der Waals surface area contributed by atoms with Crippen LogP contribution in [0.4, 0.5) is 5.69 Å². The summed E-state index contributed by atoms with van der Waals surface area (Å²) in [4.78, 5) is 11.9. The number of benzene rings is 2. The van der Waals surface area contributed by atoms with E-state index in [1.54, 1.807) is 24.3 Å². The topological polar surface area (TPSA) is 63.2 Å². The molecule has 0 bridgehead atoms. The van der Waals surface area contributed by atoms with E-state index in [0.717, 1.165) is 0 Å². The van der Waals surface area contributed by atoms with Gasteiger partial charge in [-0.3, -0.25) is 4.79 Å². The third-order valence-electron chi connectivity index (χ3n) is 2.62. The number of rotatable bonds is 4. The fourth-order valence-corrected chi connectivity index (χ4v) is 3.01. The van der Waals surface area contributed by atoms with Crippen LogP contribution in [-0.4, -0.2) is 20.1 Å². The molecular weight excluding hydrogens is 333 g/mol. The largest absolute Gasteiger partial charge is 0.325 e. The Morgan fingerprint density at radius 1 is 0.905 bits per heavy atom. The van der Waals surface area contributed by atoms with Gasteiger partial charge in [0.15, 0.2) is 9.84 Å². The molecule has 0 unspecified atom stereocenters. The van der Waals surface area contributed by atoms with Crippen LogP contribution in [0.3, 0.4) is 0 Å². The number of halogens is 2. The lowest BCUT2D eigenvalue weighted by atomic mass is 10.3. The number of nitrogens with one attached hydrogen (secondary N) is 1. The molecule has 0 fully saturated rings. The summed E-state index contributed by atoms with van der Waals surface area (Å²) in [5.74, 6) is -1.26. The van der Waals surface area contributed by atoms with Gasteiger partial charge in [0.1, 0.15) is 5.75 Å². The van der Waals surface area contributed by atoms with Gasteiger partial charge in [-0.1, -0.05) is 23.2 Å². The van der Waals surface area contributed by atoms with Crippen LogP contribution in [0.25, 0.3) is 0 Å². The van der Waals surface area contributed by atoms with Crippen molar-refractivity contribution in [3.8, 4) is 0 Å². The minimum absolute atomic E-state index is 0.0538. The predicted molar refractivity (Wildman–Crippen MR) is 83.6 cm³/mol. The van der Waals surface area contributed by atoms with Crippen LogP contribution in [0, 0.1) is 0 Å². The molecule has 0 aliphatic rings. The molecule has 0 heterocycles. The fourth-order valence-electron chi connectivity index (χ4n) is 1.63. The SMILES string of the molecule is O=C(CS(=O)(=O)c1ccc(Cl)cc1)Nc1ccc(Cl)cc1. The zero-order valence-electron chi connectivity index (χ0n) is 10.7. The van der Waals surface area contributed by atoms with Crippen molar-refractivity contribution >= 4 is 44.6 Å². The highest BCUT2D eigenvalue weighted by Crippen LogP contribution is 2.17. The first-order chi connectivity index (χ1) is 9.87. The van der Waals surface area contributed by atoms with E-state index < -0.39 is 21.5 Å². The smallest absolute Gasteiger partial charge is 0.239 e. The summed E-state index contributed by atoms with van der Waals surface area (Å²) in [5.41, 5.74) is 0.482. The second-order valence-corrected chi connectivity index (χ2v) is 7.13. The van der Waals surface area contributed by atoms with E-state index in [1.165, 1.54) is 24.3 Å². The molecule has 2 aromatic carbocycles. The molecule has 2 aromatic rings. The lowest BCUT2D eigenvalue weighted by Gasteiger charge is -2.06. The van der Waals surface area contributed by atoms with Crippen LogP contribution in [0.1, 0.15) is 0 Å². The maximum absolute atomic E-state index is 12.1. The quantitative estimate of drug-likeness (QED) is 0.925. The Bertz CT molecular complexity index is 741. The lowest BCUT2D eigenvalue weighted by molar-refractivity contribution is -0.113. The van der Waals surface area contributed by atoms with Gasteiger partial charge in [-0.2, -0.15) is 0 Å². The molecule has 0 aliphatic heterocycles. The summed E-state index contributed by atoms with van der Waals surface area (Å²) in [6.45, 7) is 0. The van der Waals surface area contributed by atoms with Crippen LogP contribution in [0.15, 0.2) is 53.4 Å². The molecule has 0 aliphatic carbocycles. The van der Waals surface area contributed by atoms with Crippen molar-refractivity contribution in [1.29, 1.82) is 0 Å². The minimum atomic E-state index is -3.70. The summed E-state index contributed by atoms with van der Waals surface area (Å²) in [6, 6.07) is 12.1. The maximum Gasteiger partial charge on any atom is 0.239 e. The molecule has 1 N–H and O–H groups in total. The van der Waals surface area contributed by atoms with E-state index in [2.05, 4.69) is 5.32 Å². The van der Waals surface area contributed by atoms with E-state index in [4.69, 9.17) is 23.2 Å². The van der Waals surface area contributed by atoms with E-state index >= 15 is 0 Å². The van der Waals surface area contributed by atoms with Gasteiger partial charge in [0.2, 0.25) is 5.91 Å². The summed E-state index contributed by atoms with van der Waals surface area (Å²) in [7, 11) is -3.70. The second-order valence-electron chi connectivity index (χ2n) is 4.27. The molecule has 110 valence electrons. The lowest BCUT2D eigenvalue weighted by Crippen LogP contribution is -2.22. The highest BCUT2D eigenvalue weighted by Gasteiger charge is 2.19. The number of sulfone groups is 1. The predicted octanol–water partition coefficient (Wildman–Crippen LogP) is 3.41. The third kappa shape index (κ3) is 4.46. The van der Waals surface area contributed by atoms with Crippen LogP contribution < -0.4 is 5.32 Å². The third-order valence-corrected chi connectivity index (χ3v) is 4.76. The molecule has 0 radical (unpaired) electrons. The van der Waals surface area contributed by atoms with E-state index in [0.29, 0.717) is 15.7 Å². The van der Waals surface area contributed by atoms with Gasteiger partial charge in [0.25, 0.3) is 0 Å². The van der Waals surface area contributed by atoms with Crippen molar-refractivity contribution in [3.63, 3.8) is 0 Å². The van der Waals surface area contributed by atoms with Crippen LogP contribution in [-0.2, 0) is 14.6 Å². The van der Waals surface area contributed by atoms with Gasteiger partial charge in [-0.15, -0.1) is 0 Å². The number of hydrogen-bond acceptors (Lipinski definition) is 3. The van der Waals surface area contributed by atoms with E-state index in [9.17, 15) is 13.2 Å². The number of anilines is 1. The molecule has 2 rings (SSSR count). The Balaban J connectivity index is 2.07. The molecule has 0 saturated heterocycles. The van der Waals surface area contributed by atoms with Crippen LogP contribution in [0.2, 0.25) is 10.0 Å². The number of carbonyl (C=O) groups excluding carboxylic acids is 1. The summed E-state index contributed by atoms with van der Waals surface area (Å²) >= 11 is 11.4. The summed E-state index contributed by atoms with van der Waals surface area (Å²) in [5, 5.41) is 3.46. The van der Waals surface area contributed by atoms with Gasteiger partial charge < -0.3 is 5.32 Å². The summed E-state index contributed by atoms with van der Waals surface area (Å²) in [6.07, 6.45) is 0. The van der Waals surface area contributed by atoms with Gasteiger partial charge >= 0.3 is 0 Å². The summed E-state index contributed by atoms with van der Waals surface area (Å²) < 4.78 is 24.1. The maximum atomic E-state index is 12.1. The molecule has 7 heteroatoms. The average molecular weight is 344 g/mol. The second kappa shape index (κ2) is 6.47. The first kappa shape index (κ1) is 15.8. The molecule has 1 amide bonds. The zero-order chi connectivity index (χ0) is 15.5. The number of hydrogen-bond donors (Lipinski definition) is 1. The molecule has 0 aromatic heterocycles. The van der Waals surface area contributed by atoms with Crippen molar-refractivity contribution in [2.45, 2.75) is 4.90 Å². The average Bonchev–Trinajstić information content (AvgIpc) is 2.41. The van der Waals surface area contributed by atoms with Crippen molar-refractivity contribution < 1.29 is 13.2 Å². The number of amides is 1. The van der Waals surface area contributed by atoms with Crippen molar-refractivity contribution in [2.75, 3.05) is 11.1 Å². The molecule has 4 nitrogen and oxygen atoms in total. The molecule has 0 atom stereocenters. The van der Waals surface area contributed by atoms with Gasteiger partial charge in [-0.05, 0) is 48.5 Å². The Morgan fingerprint density at radius 2 is 1.38 bits per heavy atom. The highest BCUT2D eigenvalue weighted by molar-refractivity contribution is 7.92. The van der Waals surface area contributed by atoms with E-state index in [-0.39, 0.29) is 4.90 Å². The minimum Gasteiger partial charge on any atom is -0.325 e. The standard InChI is InChI=1S/C14H11Cl2NO3S/c15-10-1-5-12(6-2-10)17-14(18)9-21(19,20)13-7-3-11(16)4-8-13/h1-8H,9H2,(H,17,18). The van der Waals surface area contributed by atoms with Crippen molar-refractivity contribution in [2.24, 2.45) is 0 Å². The highest BCUT2D eigenvalue weighted by atomic mass is 35.5. The van der Waals surface area contributed by atoms with Gasteiger partial charge in [-0.25, -0.2) is 8.42 Å². The Morgan fingerprint density at radius 3 is 1.90 bits per heavy atom. The normalized spacial score (nSPS) is 11.1.